The molecule has 0 amide bonds. The predicted molar refractivity (Wildman–Crippen MR) is 45.7 cm³/mol. The zero-order valence-corrected chi connectivity index (χ0v) is 7.38. The molecule has 0 radical (unpaired) electrons. The third-order valence-corrected chi connectivity index (χ3v) is 1.83. The summed E-state index contributed by atoms with van der Waals surface area (Å²) in [6.45, 7) is 0. The van der Waals surface area contributed by atoms with Crippen LogP contribution in [0.4, 0.5) is 5.69 Å². The maximum Gasteiger partial charge on any atom is 0.0797 e. The lowest BCUT2D eigenvalue weighted by Crippen LogP contribution is -2.04. The van der Waals surface area contributed by atoms with Crippen molar-refractivity contribution >= 4 is 36.3 Å². The lowest BCUT2D eigenvalue weighted by molar-refractivity contribution is 1.37. The van der Waals surface area contributed by atoms with Gasteiger partial charge in [0.2, 0.25) is 0 Å². The Hall–Kier alpha value is -0.140. The van der Waals surface area contributed by atoms with Crippen LogP contribution >= 0.6 is 25.2 Å². The van der Waals surface area contributed by atoms with E-state index in [2.05, 4.69) is 30.2 Å². The van der Waals surface area contributed by atoms with Crippen molar-refractivity contribution in [2.24, 2.45) is 0 Å². The van der Waals surface area contributed by atoms with Gasteiger partial charge in [0.25, 0.3) is 0 Å². The smallest absolute Gasteiger partial charge is 0.0797 e. The van der Waals surface area contributed by atoms with Crippen LogP contribution in [0.15, 0.2) is 16.7 Å². The molecule has 1 aromatic heterocycles. The Morgan fingerprint density at radius 1 is 1.67 bits per heavy atom. The minimum absolute atomic E-state index is 0.689. The number of nitrogen functional groups attached to an aromatic ring is 1. The van der Waals surface area contributed by atoms with Crippen molar-refractivity contribution in [2.75, 3.05) is 5.73 Å². The zero-order chi connectivity index (χ0) is 6.85. The van der Waals surface area contributed by atoms with Gasteiger partial charge in [0, 0.05) is 10.7 Å². The first-order valence-electron chi connectivity index (χ1n) is 2.36. The molecule has 0 aliphatic rings. The molecule has 0 aliphatic heterocycles. The maximum absolute atomic E-state index is 5.51. The normalized spacial score (nSPS) is 9.56. The summed E-state index contributed by atoms with van der Waals surface area (Å²) in [5.74, 6) is 0. The van der Waals surface area contributed by atoms with E-state index in [4.69, 9.17) is 5.73 Å². The first-order valence-corrected chi connectivity index (χ1v) is 3.73. The van der Waals surface area contributed by atoms with E-state index < -0.39 is 0 Å². The average Bonchev–Trinajstić information content (AvgIpc) is 1.80. The highest BCUT2D eigenvalue weighted by Gasteiger charge is 1.92. The number of pyridine rings is 1. The summed E-state index contributed by atoms with van der Waals surface area (Å²) in [5, 5.41) is 0. The molecule has 4 heteroatoms. The molecule has 1 atom stereocenters. The molecule has 0 aromatic carbocycles. The maximum atomic E-state index is 5.51. The van der Waals surface area contributed by atoms with Crippen LogP contribution < -0.4 is 11.2 Å². The van der Waals surface area contributed by atoms with Gasteiger partial charge in [-0.15, -0.1) is 0 Å². The molecule has 0 fully saturated rings. The lowest BCUT2D eigenvalue weighted by atomic mass is 10.4. The molecular formula is C5H6BrN2P. The van der Waals surface area contributed by atoms with Gasteiger partial charge in [-0.2, -0.15) is 0 Å². The van der Waals surface area contributed by atoms with Crippen LogP contribution in [0.3, 0.4) is 0 Å². The van der Waals surface area contributed by atoms with Crippen molar-refractivity contribution in [2.45, 2.75) is 0 Å². The zero-order valence-electron chi connectivity index (χ0n) is 4.63. The Labute approximate surface area is 64.2 Å². The first kappa shape index (κ1) is 6.97. The number of hydrogen-bond acceptors (Lipinski definition) is 2. The van der Waals surface area contributed by atoms with E-state index in [-0.39, 0.29) is 0 Å². The quantitative estimate of drug-likeness (QED) is 0.639. The number of anilines is 1. The van der Waals surface area contributed by atoms with Crippen molar-refractivity contribution in [1.82, 2.24) is 4.98 Å². The average molecular weight is 205 g/mol. The highest BCUT2D eigenvalue weighted by atomic mass is 79.9. The van der Waals surface area contributed by atoms with Crippen LogP contribution in [0.25, 0.3) is 0 Å². The second kappa shape index (κ2) is 2.63. The van der Waals surface area contributed by atoms with Gasteiger partial charge < -0.3 is 5.73 Å². The van der Waals surface area contributed by atoms with Crippen molar-refractivity contribution in [1.29, 1.82) is 0 Å². The Kier molecular flexibility index (Phi) is 2.04. The summed E-state index contributed by atoms with van der Waals surface area (Å²) >= 11 is 3.24. The van der Waals surface area contributed by atoms with Crippen LogP contribution in [0, 0.1) is 0 Å². The molecule has 0 saturated carbocycles. The Morgan fingerprint density at radius 3 is 2.78 bits per heavy atom. The van der Waals surface area contributed by atoms with E-state index in [9.17, 15) is 0 Å². The van der Waals surface area contributed by atoms with E-state index in [1.807, 2.05) is 6.07 Å². The number of nitrogens with two attached hydrogens (primary N) is 1. The van der Waals surface area contributed by atoms with Gasteiger partial charge in [-0.1, -0.05) is 9.24 Å². The predicted octanol–water partition coefficient (Wildman–Crippen LogP) is 0.927. The van der Waals surface area contributed by atoms with E-state index in [0.29, 0.717) is 5.69 Å². The summed E-state index contributed by atoms with van der Waals surface area (Å²) < 4.78 is 0.909. The number of hydrogen-bond donors (Lipinski definition) is 1. The second-order valence-corrected chi connectivity index (χ2v) is 3.09. The van der Waals surface area contributed by atoms with Gasteiger partial charge in [-0.25, -0.2) is 0 Å². The molecule has 2 N–H and O–H groups in total. The van der Waals surface area contributed by atoms with Gasteiger partial charge in [-0.3, -0.25) is 4.98 Å². The monoisotopic (exact) mass is 204 g/mol. The number of rotatable bonds is 0. The summed E-state index contributed by atoms with van der Waals surface area (Å²) in [4.78, 5) is 3.97. The molecule has 2 nitrogen and oxygen atoms in total. The molecule has 48 valence electrons. The molecule has 0 bridgehead atoms. The van der Waals surface area contributed by atoms with Crippen molar-refractivity contribution in [3.8, 4) is 0 Å². The molecule has 0 aliphatic carbocycles. The summed E-state index contributed by atoms with van der Waals surface area (Å²) in [6, 6.07) is 1.81. The number of aromatic nitrogens is 1. The molecule has 1 aromatic rings. The van der Waals surface area contributed by atoms with Crippen LogP contribution in [-0.4, -0.2) is 4.98 Å². The highest BCUT2D eigenvalue weighted by molar-refractivity contribution is 9.10. The van der Waals surface area contributed by atoms with Gasteiger partial charge >= 0.3 is 0 Å². The summed E-state index contributed by atoms with van der Waals surface area (Å²) in [6.07, 6.45) is 1.71. The van der Waals surface area contributed by atoms with E-state index >= 15 is 0 Å². The fourth-order valence-electron chi connectivity index (χ4n) is 0.466. The fourth-order valence-corrected chi connectivity index (χ4v) is 0.972. The second-order valence-electron chi connectivity index (χ2n) is 1.63. The minimum Gasteiger partial charge on any atom is -0.397 e. The molecule has 1 rings (SSSR count). The first-order chi connectivity index (χ1) is 4.20. The Bertz CT molecular complexity index is 226. The van der Waals surface area contributed by atoms with Crippen LogP contribution in [0.1, 0.15) is 0 Å². The summed E-state index contributed by atoms with van der Waals surface area (Å²) in [7, 11) is 2.45. The highest BCUT2D eigenvalue weighted by Crippen LogP contribution is 2.10. The van der Waals surface area contributed by atoms with Gasteiger partial charge in [0.05, 0.1) is 11.1 Å². The number of halogens is 1. The Morgan fingerprint density at radius 2 is 2.33 bits per heavy atom. The standard InChI is InChI=1S/C5H6BrN2P/c6-3-1-4(7)5(9)8-2-3/h1-2H,7,9H2. The van der Waals surface area contributed by atoms with Gasteiger partial charge in [0.15, 0.2) is 0 Å². The lowest BCUT2D eigenvalue weighted by Gasteiger charge is -1.96. The van der Waals surface area contributed by atoms with Gasteiger partial charge in [0.1, 0.15) is 0 Å². The van der Waals surface area contributed by atoms with Crippen LogP contribution in [0.5, 0.6) is 0 Å². The molecule has 0 spiro atoms. The van der Waals surface area contributed by atoms with Gasteiger partial charge in [-0.05, 0) is 22.0 Å². The fraction of sp³-hybridized carbons (Fsp3) is 0. The van der Waals surface area contributed by atoms with E-state index in [1.165, 1.54) is 0 Å². The SMILES string of the molecule is Nc1cc(Br)cnc1P. The molecule has 1 heterocycles. The van der Waals surface area contributed by atoms with Crippen molar-refractivity contribution in [3.63, 3.8) is 0 Å². The molecule has 0 saturated heterocycles. The topological polar surface area (TPSA) is 38.9 Å². The van der Waals surface area contributed by atoms with E-state index in [1.54, 1.807) is 6.20 Å². The largest absolute Gasteiger partial charge is 0.397 e. The minimum atomic E-state index is 0.689. The van der Waals surface area contributed by atoms with Crippen LogP contribution in [-0.2, 0) is 0 Å². The van der Waals surface area contributed by atoms with Crippen molar-refractivity contribution < 1.29 is 0 Å². The van der Waals surface area contributed by atoms with E-state index in [0.717, 1.165) is 9.91 Å². The number of nitrogens with zero attached hydrogens (tertiary/aromatic N) is 1. The Balaban J connectivity index is 3.17. The third kappa shape index (κ3) is 1.63. The third-order valence-electron chi connectivity index (χ3n) is 0.916. The van der Waals surface area contributed by atoms with Crippen LogP contribution in [0.2, 0.25) is 0 Å². The summed E-state index contributed by atoms with van der Waals surface area (Å²) in [5.41, 5.74) is 6.99. The van der Waals surface area contributed by atoms with Crippen molar-refractivity contribution in [3.05, 3.63) is 16.7 Å². The molecular weight excluding hydrogens is 199 g/mol. The molecule has 9 heavy (non-hydrogen) atoms. The molecule has 1 unspecified atom stereocenters.